The molecule has 0 aliphatic rings. The number of ether oxygens (including phenoxy) is 1. The summed E-state index contributed by atoms with van der Waals surface area (Å²) in [6.45, 7) is 2.51. The Kier molecular flexibility index (Phi) is 4.85. The number of hydrogen-bond donors (Lipinski definition) is 1. The molecule has 1 aromatic carbocycles. The van der Waals surface area contributed by atoms with Gasteiger partial charge in [0.15, 0.2) is 6.61 Å². The van der Waals surface area contributed by atoms with Crippen LogP contribution in [0.1, 0.15) is 24.2 Å². The minimum Gasteiger partial charge on any atom is -0.484 e. The van der Waals surface area contributed by atoms with Crippen molar-refractivity contribution in [3.63, 3.8) is 0 Å². The van der Waals surface area contributed by atoms with E-state index in [1.807, 2.05) is 19.9 Å². The van der Waals surface area contributed by atoms with Crippen molar-refractivity contribution in [2.75, 3.05) is 11.9 Å². The molecule has 1 aromatic heterocycles. The molecule has 1 N–H and O–H groups in total. The Hall–Kier alpha value is -2.31. The molecule has 1 heterocycles. The van der Waals surface area contributed by atoms with Gasteiger partial charge < -0.3 is 10.1 Å². The molecule has 2 rings (SSSR count). The van der Waals surface area contributed by atoms with Gasteiger partial charge in [0.05, 0.1) is 0 Å². The van der Waals surface area contributed by atoms with E-state index in [1.165, 1.54) is 18.5 Å². The Morgan fingerprint density at radius 2 is 1.86 bits per heavy atom. The maximum absolute atomic E-state index is 12.1. The fourth-order valence-electron chi connectivity index (χ4n) is 1.86. The molecule has 118 valence electrons. The van der Waals surface area contributed by atoms with E-state index in [4.69, 9.17) is 0 Å². The predicted octanol–water partition coefficient (Wildman–Crippen LogP) is 3.90. The number of nitrogens with one attached hydrogen (secondary N) is 1. The number of rotatable bonds is 5. The van der Waals surface area contributed by atoms with Gasteiger partial charge in [0, 0.05) is 17.8 Å². The maximum atomic E-state index is 12.1. The summed E-state index contributed by atoms with van der Waals surface area (Å²) in [7, 11) is 0. The lowest BCUT2D eigenvalue weighted by Gasteiger charge is -2.16. The third-order valence-corrected chi connectivity index (χ3v) is 2.95. The van der Waals surface area contributed by atoms with Gasteiger partial charge in [-0.1, -0.05) is 12.1 Å². The van der Waals surface area contributed by atoms with Crippen LogP contribution in [0.25, 0.3) is 0 Å². The van der Waals surface area contributed by atoms with Crippen LogP contribution in [-0.2, 0) is 0 Å². The van der Waals surface area contributed by atoms with Gasteiger partial charge in [0.25, 0.3) is 0 Å². The highest BCUT2D eigenvalue weighted by Gasteiger charge is 2.28. The van der Waals surface area contributed by atoms with Crippen LogP contribution in [0, 0.1) is 6.92 Å². The lowest BCUT2D eigenvalue weighted by Crippen LogP contribution is -2.19. The number of aryl methyl sites for hydroxylation is 1. The highest BCUT2D eigenvalue weighted by atomic mass is 19.4. The van der Waals surface area contributed by atoms with Gasteiger partial charge in [-0.2, -0.15) is 13.2 Å². The summed E-state index contributed by atoms with van der Waals surface area (Å²) in [6, 6.07) is 8.24. The Balaban J connectivity index is 1.97. The van der Waals surface area contributed by atoms with E-state index in [2.05, 4.69) is 20.0 Å². The fourth-order valence-corrected chi connectivity index (χ4v) is 1.86. The molecule has 0 radical (unpaired) electrons. The first-order valence-corrected chi connectivity index (χ1v) is 6.68. The highest BCUT2D eigenvalue weighted by molar-refractivity contribution is 5.39. The summed E-state index contributed by atoms with van der Waals surface area (Å²) < 4.78 is 40.9. The minimum absolute atomic E-state index is 0.0500. The van der Waals surface area contributed by atoms with E-state index in [-0.39, 0.29) is 11.8 Å². The second kappa shape index (κ2) is 6.64. The van der Waals surface area contributed by atoms with Crippen LogP contribution in [0.15, 0.2) is 36.7 Å². The molecule has 7 heteroatoms. The van der Waals surface area contributed by atoms with Crippen molar-refractivity contribution in [2.24, 2.45) is 0 Å². The number of benzene rings is 1. The van der Waals surface area contributed by atoms with Gasteiger partial charge in [-0.3, -0.25) is 0 Å². The highest BCUT2D eigenvalue weighted by Crippen LogP contribution is 2.22. The van der Waals surface area contributed by atoms with Gasteiger partial charge in [-0.25, -0.2) is 9.97 Å². The summed E-state index contributed by atoms with van der Waals surface area (Å²) in [5.41, 5.74) is 1.76. The van der Waals surface area contributed by atoms with Crippen molar-refractivity contribution in [2.45, 2.75) is 26.1 Å². The van der Waals surface area contributed by atoms with Crippen molar-refractivity contribution in [3.05, 3.63) is 47.9 Å². The van der Waals surface area contributed by atoms with Crippen molar-refractivity contribution < 1.29 is 17.9 Å². The molecule has 0 aliphatic heterocycles. The lowest BCUT2D eigenvalue weighted by atomic mass is 10.1. The first kappa shape index (κ1) is 16.1. The Morgan fingerprint density at radius 3 is 2.45 bits per heavy atom. The molecule has 0 amide bonds. The predicted molar refractivity (Wildman–Crippen MR) is 76.8 cm³/mol. The summed E-state index contributed by atoms with van der Waals surface area (Å²) in [4.78, 5) is 8.12. The molecule has 1 unspecified atom stereocenters. The van der Waals surface area contributed by atoms with Crippen LogP contribution in [0.4, 0.5) is 19.0 Å². The molecule has 0 saturated heterocycles. The molecule has 0 fully saturated rings. The van der Waals surface area contributed by atoms with Gasteiger partial charge in [0.1, 0.15) is 17.9 Å². The summed E-state index contributed by atoms with van der Waals surface area (Å²) in [5, 5.41) is 3.20. The van der Waals surface area contributed by atoms with Crippen molar-refractivity contribution in [1.82, 2.24) is 9.97 Å². The molecule has 0 spiro atoms. The van der Waals surface area contributed by atoms with Gasteiger partial charge in [-0.05, 0) is 31.5 Å². The van der Waals surface area contributed by atoms with Gasteiger partial charge >= 0.3 is 6.18 Å². The van der Waals surface area contributed by atoms with Crippen molar-refractivity contribution >= 4 is 5.82 Å². The quantitative estimate of drug-likeness (QED) is 0.910. The second-order valence-corrected chi connectivity index (χ2v) is 4.88. The summed E-state index contributed by atoms with van der Waals surface area (Å²) in [5.74, 6) is 0.878. The topological polar surface area (TPSA) is 47.0 Å². The van der Waals surface area contributed by atoms with Crippen LogP contribution >= 0.6 is 0 Å². The smallest absolute Gasteiger partial charge is 0.422 e. The largest absolute Gasteiger partial charge is 0.484 e. The number of alkyl halides is 3. The van der Waals surface area contributed by atoms with Crippen LogP contribution in [0.5, 0.6) is 5.75 Å². The number of hydrogen-bond acceptors (Lipinski definition) is 4. The minimum atomic E-state index is -4.33. The van der Waals surface area contributed by atoms with E-state index >= 15 is 0 Å². The standard InChI is InChI=1S/C15H16F3N3O/c1-10-7-14(20-9-19-10)21-11(2)12-3-5-13(6-4-12)22-8-15(16,17)18/h3-7,9,11H,8H2,1-2H3,(H,19,20,21). The number of anilines is 1. The Bertz CT molecular complexity index is 614. The Labute approximate surface area is 126 Å². The van der Waals surface area contributed by atoms with E-state index in [0.717, 1.165) is 11.3 Å². The zero-order valence-corrected chi connectivity index (χ0v) is 12.2. The first-order chi connectivity index (χ1) is 10.3. The molecule has 0 saturated carbocycles. The van der Waals surface area contributed by atoms with E-state index < -0.39 is 12.8 Å². The van der Waals surface area contributed by atoms with Crippen molar-refractivity contribution in [3.8, 4) is 5.75 Å². The zero-order valence-electron chi connectivity index (χ0n) is 12.2. The van der Waals surface area contributed by atoms with Crippen LogP contribution in [0.2, 0.25) is 0 Å². The number of nitrogens with zero attached hydrogens (tertiary/aromatic N) is 2. The molecule has 2 aromatic rings. The van der Waals surface area contributed by atoms with E-state index in [9.17, 15) is 13.2 Å². The first-order valence-electron chi connectivity index (χ1n) is 6.68. The molecule has 22 heavy (non-hydrogen) atoms. The molecule has 0 bridgehead atoms. The molecule has 4 nitrogen and oxygen atoms in total. The SMILES string of the molecule is Cc1cc(NC(C)c2ccc(OCC(F)(F)F)cc2)ncn1. The van der Waals surface area contributed by atoms with E-state index in [0.29, 0.717) is 5.82 Å². The van der Waals surface area contributed by atoms with E-state index in [1.54, 1.807) is 12.1 Å². The monoisotopic (exact) mass is 311 g/mol. The van der Waals surface area contributed by atoms with Crippen LogP contribution in [0.3, 0.4) is 0 Å². The lowest BCUT2D eigenvalue weighted by molar-refractivity contribution is -0.153. The second-order valence-electron chi connectivity index (χ2n) is 4.88. The number of aromatic nitrogens is 2. The normalized spacial score (nSPS) is 12.8. The molecule has 0 aliphatic carbocycles. The maximum Gasteiger partial charge on any atom is 0.422 e. The van der Waals surface area contributed by atoms with Gasteiger partial charge in [0.2, 0.25) is 0 Å². The third kappa shape index (κ3) is 4.91. The van der Waals surface area contributed by atoms with Crippen LogP contribution < -0.4 is 10.1 Å². The van der Waals surface area contributed by atoms with Crippen molar-refractivity contribution in [1.29, 1.82) is 0 Å². The van der Waals surface area contributed by atoms with Gasteiger partial charge in [-0.15, -0.1) is 0 Å². The Morgan fingerprint density at radius 1 is 1.18 bits per heavy atom. The zero-order chi connectivity index (χ0) is 16.2. The number of halogens is 3. The third-order valence-electron chi connectivity index (χ3n) is 2.95. The molecular formula is C15H16F3N3O. The van der Waals surface area contributed by atoms with Crippen LogP contribution in [-0.4, -0.2) is 22.8 Å². The average molecular weight is 311 g/mol. The average Bonchev–Trinajstić information content (AvgIpc) is 2.45. The summed E-state index contributed by atoms with van der Waals surface area (Å²) >= 11 is 0. The summed E-state index contributed by atoms with van der Waals surface area (Å²) in [6.07, 6.45) is -2.86. The molecule has 1 atom stereocenters. The fraction of sp³-hybridized carbons (Fsp3) is 0.333. The molecular weight excluding hydrogens is 295 g/mol.